The Bertz CT molecular complexity index is 1070. The Balaban J connectivity index is 1.86. The lowest BCUT2D eigenvalue weighted by Crippen LogP contribution is -2.23. The maximum atomic E-state index is 12.6. The molecule has 1 saturated heterocycles. The van der Waals surface area contributed by atoms with Crippen molar-refractivity contribution in [3.8, 4) is 5.75 Å². The monoisotopic (exact) mass is 437 g/mol. The van der Waals surface area contributed by atoms with E-state index in [0.717, 1.165) is 0 Å². The molecule has 0 bridgehead atoms. The Labute approximate surface area is 172 Å². The molecule has 28 heavy (non-hydrogen) atoms. The van der Waals surface area contributed by atoms with Crippen LogP contribution < -0.4 is 9.50 Å². The molecule has 1 amide bonds. The number of amides is 1. The van der Waals surface area contributed by atoms with E-state index in [1.54, 1.807) is 32.0 Å². The molecule has 1 N–H and O–H groups in total. The molecule has 1 unspecified atom stereocenters. The number of amidine groups is 1. The van der Waals surface area contributed by atoms with Crippen LogP contribution in [0.4, 0.5) is 0 Å². The number of nitrogens with zero attached hydrogens (tertiary/aromatic N) is 2. The topological polar surface area (TPSA) is 97.2 Å². The standard InChI is InChI=1S/C18H16ClN3O4S2/c1-11-4-3-5-13(10-20-22-18-21-17(23)12(2)27-18)16(11)26-28(24,25)15-8-6-14(19)7-9-15/h3-10,12H,1-2H3,(H,21,22,23)/b20-10+. The second-order valence-corrected chi connectivity index (χ2v) is 9.20. The maximum Gasteiger partial charge on any atom is 0.339 e. The number of nitrogens with one attached hydrogen (secondary N) is 1. The normalized spacial score (nSPS) is 18.6. The van der Waals surface area contributed by atoms with Gasteiger partial charge >= 0.3 is 10.1 Å². The maximum absolute atomic E-state index is 12.6. The van der Waals surface area contributed by atoms with Crippen LogP contribution in [0.15, 0.2) is 57.6 Å². The third kappa shape index (κ3) is 4.73. The fourth-order valence-corrected chi connectivity index (χ4v) is 4.19. The highest BCUT2D eigenvalue weighted by atomic mass is 35.5. The quantitative estimate of drug-likeness (QED) is 0.439. The van der Waals surface area contributed by atoms with Gasteiger partial charge in [0.05, 0.1) is 11.5 Å². The summed E-state index contributed by atoms with van der Waals surface area (Å²) in [6.45, 7) is 3.49. The molecular formula is C18H16ClN3O4S2. The van der Waals surface area contributed by atoms with Gasteiger partial charge in [0.1, 0.15) is 4.90 Å². The number of aryl methyl sites for hydroxylation is 1. The number of hydrogen-bond acceptors (Lipinski definition) is 7. The molecule has 0 radical (unpaired) electrons. The lowest BCUT2D eigenvalue weighted by Gasteiger charge is -2.11. The largest absolute Gasteiger partial charge is 0.378 e. The summed E-state index contributed by atoms with van der Waals surface area (Å²) in [7, 11) is -4.05. The Morgan fingerprint density at radius 2 is 1.93 bits per heavy atom. The first-order valence-electron chi connectivity index (χ1n) is 8.14. The van der Waals surface area contributed by atoms with Gasteiger partial charge in [-0.05, 0) is 49.7 Å². The van der Waals surface area contributed by atoms with E-state index in [1.165, 1.54) is 42.2 Å². The number of benzene rings is 2. The van der Waals surface area contributed by atoms with Crippen molar-refractivity contribution in [2.75, 3.05) is 0 Å². The van der Waals surface area contributed by atoms with Gasteiger partial charge in [0.25, 0.3) is 0 Å². The fourth-order valence-electron chi connectivity index (χ4n) is 2.30. The lowest BCUT2D eigenvalue weighted by molar-refractivity contribution is -0.118. The van der Waals surface area contributed by atoms with Gasteiger partial charge in [-0.3, -0.25) is 4.79 Å². The van der Waals surface area contributed by atoms with Crippen molar-refractivity contribution in [3.63, 3.8) is 0 Å². The highest BCUT2D eigenvalue weighted by Crippen LogP contribution is 2.27. The van der Waals surface area contributed by atoms with E-state index >= 15 is 0 Å². The Hall–Kier alpha value is -2.36. The summed E-state index contributed by atoms with van der Waals surface area (Å²) in [5.41, 5.74) is 1.05. The molecule has 0 spiro atoms. The molecule has 3 rings (SSSR count). The van der Waals surface area contributed by atoms with Crippen molar-refractivity contribution in [2.24, 2.45) is 10.2 Å². The van der Waals surface area contributed by atoms with E-state index < -0.39 is 10.1 Å². The zero-order chi connectivity index (χ0) is 20.3. The minimum absolute atomic E-state index is 0.0117. The highest BCUT2D eigenvalue weighted by Gasteiger charge is 2.25. The van der Waals surface area contributed by atoms with Crippen LogP contribution in [0.2, 0.25) is 5.02 Å². The lowest BCUT2D eigenvalue weighted by atomic mass is 10.1. The van der Waals surface area contributed by atoms with E-state index in [2.05, 4.69) is 15.5 Å². The van der Waals surface area contributed by atoms with E-state index in [9.17, 15) is 13.2 Å². The van der Waals surface area contributed by atoms with Crippen LogP contribution >= 0.6 is 23.4 Å². The van der Waals surface area contributed by atoms with Gasteiger partial charge < -0.3 is 9.50 Å². The molecule has 0 saturated carbocycles. The van der Waals surface area contributed by atoms with Crippen LogP contribution in [0.25, 0.3) is 0 Å². The molecule has 1 aliphatic rings. The van der Waals surface area contributed by atoms with Crippen molar-refractivity contribution < 1.29 is 17.4 Å². The number of para-hydroxylation sites is 1. The predicted octanol–water partition coefficient (Wildman–Crippen LogP) is 3.36. The molecule has 2 aromatic carbocycles. The molecule has 0 aromatic heterocycles. The smallest absolute Gasteiger partial charge is 0.339 e. The molecule has 1 atom stereocenters. The second kappa shape index (κ2) is 8.34. The Kier molecular flexibility index (Phi) is 6.07. The van der Waals surface area contributed by atoms with Crippen molar-refractivity contribution in [2.45, 2.75) is 24.0 Å². The summed E-state index contributed by atoms with van der Waals surface area (Å²) >= 11 is 7.07. The van der Waals surface area contributed by atoms with E-state index in [0.29, 0.717) is 21.3 Å². The van der Waals surface area contributed by atoms with Gasteiger partial charge in [-0.1, -0.05) is 35.5 Å². The van der Waals surface area contributed by atoms with E-state index in [-0.39, 0.29) is 21.8 Å². The van der Waals surface area contributed by atoms with Crippen LogP contribution in [-0.2, 0) is 14.9 Å². The first kappa shape index (κ1) is 20.4. The SMILES string of the molecule is Cc1cccc(/C=N/N=C2/NC(=O)C(C)S2)c1OS(=O)(=O)c1ccc(Cl)cc1. The van der Waals surface area contributed by atoms with Crippen LogP contribution in [0.1, 0.15) is 18.1 Å². The number of carbonyl (C=O) groups excluding carboxylic acids is 1. The van der Waals surface area contributed by atoms with Crippen molar-refractivity contribution in [3.05, 3.63) is 58.6 Å². The van der Waals surface area contributed by atoms with Crippen LogP contribution in [0.3, 0.4) is 0 Å². The molecule has 1 heterocycles. The molecule has 0 aliphatic carbocycles. The third-order valence-corrected chi connectivity index (χ3v) is 6.23. The highest BCUT2D eigenvalue weighted by molar-refractivity contribution is 8.15. The van der Waals surface area contributed by atoms with E-state index in [4.69, 9.17) is 15.8 Å². The van der Waals surface area contributed by atoms with Gasteiger partial charge in [0.15, 0.2) is 10.9 Å². The zero-order valence-electron chi connectivity index (χ0n) is 14.9. The van der Waals surface area contributed by atoms with Crippen molar-refractivity contribution >= 4 is 50.8 Å². The molecule has 1 fully saturated rings. The first-order chi connectivity index (χ1) is 13.3. The summed E-state index contributed by atoms with van der Waals surface area (Å²) in [4.78, 5) is 11.5. The third-order valence-electron chi connectivity index (χ3n) is 3.77. The van der Waals surface area contributed by atoms with Crippen LogP contribution in [0, 0.1) is 6.92 Å². The van der Waals surface area contributed by atoms with Crippen molar-refractivity contribution in [1.82, 2.24) is 5.32 Å². The number of carbonyl (C=O) groups is 1. The van der Waals surface area contributed by atoms with Crippen LogP contribution in [-0.4, -0.2) is 31.0 Å². The Morgan fingerprint density at radius 1 is 1.21 bits per heavy atom. The average molecular weight is 438 g/mol. The predicted molar refractivity (Wildman–Crippen MR) is 111 cm³/mol. The van der Waals surface area contributed by atoms with E-state index in [1.807, 2.05) is 0 Å². The summed E-state index contributed by atoms with van der Waals surface area (Å²) in [6.07, 6.45) is 1.38. The van der Waals surface area contributed by atoms with Crippen molar-refractivity contribution in [1.29, 1.82) is 0 Å². The fraction of sp³-hybridized carbons (Fsp3) is 0.167. The van der Waals surface area contributed by atoms with Gasteiger partial charge in [-0.25, -0.2) is 0 Å². The minimum atomic E-state index is -4.05. The summed E-state index contributed by atoms with van der Waals surface area (Å²) in [5, 5.41) is 11.1. The molecule has 146 valence electrons. The molecule has 1 aliphatic heterocycles. The van der Waals surface area contributed by atoms with Crippen LogP contribution in [0.5, 0.6) is 5.75 Å². The second-order valence-electron chi connectivity index (χ2n) is 5.88. The van der Waals surface area contributed by atoms with Gasteiger partial charge in [-0.15, -0.1) is 5.10 Å². The summed E-state index contributed by atoms with van der Waals surface area (Å²) in [6, 6.07) is 10.8. The Morgan fingerprint density at radius 3 is 2.57 bits per heavy atom. The van der Waals surface area contributed by atoms with Gasteiger partial charge in [-0.2, -0.15) is 13.5 Å². The summed E-state index contributed by atoms with van der Waals surface area (Å²) < 4.78 is 30.5. The molecule has 7 nitrogen and oxygen atoms in total. The minimum Gasteiger partial charge on any atom is -0.378 e. The molecule has 2 aromatic rings. The number of rotatable bonds is 5. The van der Waals surface area contributed by atoms with Gasteiger partial charge in [0, 0.05) is 10.6 Å². The number of hydrogen-bond donors (Lipinski definition) is 1. The molecular weight excluding hydrogens is 422 g/mol. The first-order valence-corrected chi connectivity index (χ1v) is 10.8. The zero-order valence-corrected chi connectivity index (χ0v) is 17.3. The van der Waals surface area contributed by atoms with Gasteiger partial charge in [0.2, 0.25) is 5.91 Å². The number of thioether (sulfide) groups is 1. The summed E-state index contributed by atoms with van der Waals surface area (Å²) in [5.74, 6) is 0.0189. The molecule has 10 heteroatoms. The average Bonchev–Trinajstić information content (AvgIpc) is 2.96. The number of halogens is 1.